The summed E-state index contributed by atoms with van der Waals surface area (Å²) in [7, 11) is 1.06. The van der Waals surface area contributed by atoms with Gasteiger partial charge in [0.1, 0.15) is 0 Å². The summed E-state index contributed by atoms with van der Waals surface area (Å²) in [5.41, 5.74) is 1.80. The number of carbonyl (C=O) groups excluding carboxylic acids is 1. The number of nitrogens with one attached hydrogen (secondary N) is 2. The molecule has 0 aliphatic carbocycles. The number of sulfonamides is 1. The molecule has 0 heterocycles. The third-order valence-electron chi connectivity index (χ3n) is 4.43. The third-order valence-corrected chi connectivity index (χ3v) is 5.86. The molecule has 0 radical (unpaired) electrons. The number of amides is 1. The van der Waals surface area contributed by atoms with Crippen molar-refractivity contribution in [2.75, 3.05) is 21.3 Å². The van der Waals surface area contributed by atoms with Crippen LogP contribution < -0.4 is 19.5 Å². The standard InChI is InChI=1S/C20H26N2O5S/c1-14(16-8-11-18(26-3)19(13-16)27-4)22-20(23)12-7-15-5-9-17(10-6-15)28(24,25)21-2/h5-6,8-11,13-14,21H,7,12H2,1-4H3,(H,22,23). The van der Waals surface area contributed by atoms with Gasteiger partial charge in [-0.3, -0.25) is 4.79 Å². The van der Waals surface area contributed by atoms with Gasteiger partial charge in [0.2, 0.25) is 15.9 Å². The smallest absolute Gasteiger partial charge is 0.240 e. The van der Waals surface area contributed by atoms with E-state index in [0.29, 0.717) is 24.3 Å². The first-order valence-corrected chi connectivity index (χ1v) is 10.3. The van der Waals surface area contributed by atoms with Crippen LogP contribution in [0.25, 0.3) is 0 Å². The lowest BCUT2D eigenvalue weighted by molar-refractivity contribution is -0.121. The van der Waals surface area contributed by atoms with Crippen molar-refractivity contribution in [2.45, 2.75) is 30.7 Å². The van der Waals surface area contributed by atoms with Gasteiger partial charge < -0.3 is 14.8 Å². The number of ether oxygens (including phenoxy) is 2. The average Bonchev–Trinajstić information content (AvgIpc) is 2.71. The van der Waals surface area contributed by atoms with E-state index in [0.717, 1.165) is 11.1 Å². The van der Waals surface area contributed by atoms with Gasteiger partial charge in [0, 0.05) is 6.42 Å². The second-order valence-corrected chi connectivity index (χ2v) is 8.14. The van der Waals surface area contributed by atoms with Gasteiger partial charge in [0.05, 0.1) is 25.2 Å². The lowest BCUT2D eigenvalue weighted by Gasteiger charge is -2.16. The van der Waals surface area contributed by atoms with Gasteiger partial charge in [-0.15, -0.1) is 0 Å². The normalized spacial score (nSPS) is 12.3. The average molecular weight is 407 g/mol. The van der Waals surface area contributed by atoms with Crippen LogP contribution in [0.15, 0.2) is 47.4 Å². The van der Waals surface area contributed by atoms with Crippen LogP contribution in [-0.4, -0.2) is 35.6 Å². The summed E-state index contributed by atoms with van der Waals surface area (Å²) >= 11 is 0. The number of benzene rings is 2. The molecule has 1 atom stereocenters. The van der Waals surface area contributed by atoms with E-state index in [1.807, 2.05) is 19.1 Å². The highest BCUT2D eigenvalue weighted by Gasteiger charge is 2.14. The zero-order valence-electron chi connectivity index (χ0n) is 16.5. The molecule has 0 fully saturated rings. The summed E-state index contributed by atoms with van der Waals surface area (Å²) in [6.45, 7) is 1.90. The maximum absolute atomic E-state index is 12.3. The van der Waals surface area contributed by atoms with E-state index in [1.165, 1.54) is 19.2 Å². The van der Waals surface area contributed by atoms with Gasteiger partial charge in [0.25, 0.3) is 0 Å². The Bertz CT molecular complexity index is 911. The highest BCUT2D eigenvalue weighted by Crippen LogP contribution is 2.29. The summed E-state index contributed by atoms with van der Waals surface area (Å²) in [5, 5.41) is 2.96. The fourth-order valence-corrected chi connectivity index (χ4v) is 3.46. The second kappa shape index (κ2) is 9.57. The fourth-order valence-electron chi connectivity index (χ4n) is 2.73. The van der Waals surface area contributed by atoms with Crippen molar-refractivity contribution in [3.05, 3.63) is 53.6 Å². The van der Waals surface area contributed by atoms with Crippen LogP contribution >= 0.6 is 0 Å². The summed E-state index contributed by atoms with van der Waals surface area (Å²) in [4.78, 5) is 12.5. The molecule has 7 nitrogen and oxygen atoms in total. The molecule has 8 heteroatoms. The molecule has 0 spiro atoms. The van der Waals surface area contributed by atoms with E-state index in [1.54, 1.807) is 32.4 Å². The van der Waals surface area contributed by atoms with E-state index in [2.05, 4.69) is 10.0 Å². The largest absolute Gasteiger partial charge is 0.493 e. The van der Waals surface area contributed by atoms with Crippen molar-refractivity contribution in [3.63, 3.8) is 0 Å². The van der Waals surface area contributed by atoms with Gasteiger partial charge in [-0.2, -0.15) is 0 Å². The van der Waals surface area contributed by atoms with Gasteiger partial charge in [-0.25, -0.2) is 13.1 Å². The second-order valence-electron chi connectivity index (χ2n) is 6.26. The highest BCUT2D eigenvalue weighted by atomic mass is 32.2. The zero-order valence-corrected chi connectivity index (χ0v) is 17.3. The number of hydrogen-bond acceptors (Lipinski definition) is 5. The molecule has 1 unspecified atom stereocenters. The number of hydrogen-bond donors (Lipinski definition) is 2. The van der Waals surface area contributed by atoms with Crippen LogP contribution in [0.1, 0.15) is 30.5 Å². The minimum Gasteiger partial charge on any atom is -0.493 e. The van der Waals surface area contributed by atoms with E-state index in [-0.39, 0.29) is 16.8 Å². The minimum absolute atomic E-state index is 0.0887. The third kappa shape index (κ3) is 5.46. The molecule has 0 aliphatic heterocycles. The number of carbonyl (C=O) groups is 1. The number of rotatable bonds is 9. The number of aryl methyl sites for hydroxylation is 1. The quantitative estimate of drug-likeness (QED) is 0.667. The van der Waals surface area contributed by atoms with Crippen molar-refractivity contribution >= 4 is 15.9 Å². The molecule has 1 amide bonds. The van der Waals surface area contributed by atoms with Gasteiger partial charge >= 0.3 is 0 Å². The summed E-state index contributed by atoms with van der Waals surface area (Å²) in [6, 6.07) is 11.8. The van der Waals surface area contributed by atoms with Crippen LogP contribution in [0, 0.1) is 0 Å². The SMILES string of the molecule is CNS(=O)(=O)c1ccc(CCC(=O)NC(C)c2ccc(OC)c(OC)c2)cc1. The Hall–Kier alpha value is -2.58. The first-order chi connectivity index (χ1) is 13.3. The summed E-state index contributed by atoms with van der Waals surface area (Å²) in [6.07, 6.45) is 0.820. The molecule has 0 aromatic heterocycles. The molecule has 0 bridgehead atoms. The molecule has 0 saturated carbocycles. The van der Waals surface area contributed by atoms with Crippen molar-refractivity contribution in [1.82, 2.24) is 10.0 Å². The van der Waals surface area contributed by atoms with Crippen LogP contribution in [0.3, 0.4) is 0 Å². The molecule has 0 aliphatic rings. The Labute approximate surface area is 166 Å². The maximum Gasteiger partial charge on any atom is 0.240 e. The van der Waals surface area contributed by atoms with Crippen LogP contribution in [0.4, 0.5) is 0 Å². The van der Waals surface area contributed by atoms with Gasteiger partial charge in [-0.1, -0.05) is 18.2 Å². The topological polar surface area (TPSA) is 93.7 Å². The molecular formula is C20H26N2O5S. The van der Waals surface area contributed by atoms with E-state index >= 15 is 0 Å². The first-order valence-electron chi connectivity index (χ1n) is 8.84. The fraction of sp³-hybridized carbons (Fsp3) is 0.350. The molecule has 2 rings (SSSR count). The number of methoxy groups -OCH3 is 2. The Morgan fingerprint density at radius 1 is 1.04 bits per heavy atom. The van der Waals surface area contributed by atoms with Crippen LogP contribution in [0.5, 0.6) is 11.5 Å². The van der Waals surface area contributed by atoms with Crippen molar-refractivity contribution in [1.29, 1.82) is 0 Å². The predicted molar refractivity (Wildman–Crippen MR) is 107 cm³/mol. The zero-order chi connectivity index (χ0) is 20.7. The predicted octanol–water partition coefficient (Wildman–Crippen LogP) is 2.42. The van der Waals surface area contributed by atoms with E-state index in [9.17, 15) is 13.2 Å². The van der Waals surface area contributed by atoms with Crippen molar-refractivity contribution in [2.24, 2.45) is 0 Å². The van der Waals surface area contributed by atoms with E-state index < -0.39 is 10.0 Å². The summed E-state index contributed by atoms with van der Waals surface area (Å²) in [5.74, 6) is 1.15. The van der Waals surface area contributed by atoms with Gasteiger partial charge in [0.15, 0.2) is 11.5 Å². The van der Waals surface area contributed by atoms with Crippen LogP contribution in [0.2, 0.25) is 0 Å². The maximum atomic E-state index is 12.3. The van der Waals surface area contributed by atoms with E-state index in [4.69, 9.17) is 9.47 Å². The minimum atomic E-state index is -3.45. The van der Waals surface area contributed by atoms with Gasteiger partial charge in [-0.05, 0) is 55.8 Å². The molecule has 2 aromatic carbocycles. The monoisotopic (exact) mass is 406 g/mol. The lowest BCUT2D eigenvalue weighted by atomic mass is 10.1. The van der Waals surface area contributed by atoms with Crippen molar-refractivity contribution in [3.8, 4) is 11.5 Å². The van der Waals surface area contributed by atoms with Crippen molar-refractivity contribution < 1.29 is 22.7 Å². The first kappa shape index (κ1) is 21.7. The van der Waals surface area contributed by atoms with Crippen LogP contribution in [-0.2, 0) is 21.2 Å². The molecule has 28 heavy (non-hydrogen) atoms. The summed E-state index contributed by atoms with van der Waals surface area (Å²) < 4.78 is 36.2. The molecule has 152 valence electrons. The molecule has 0 saturated heterocycles. The Balaban J connectivity index is 1.93. The Morgan fingerprint density at radius 2 is 1.68 bits per heavy atom. The molecule has 2 N–H and O–H groups in total. The lowest BCUT2D eigenvalue weighted by Crippen LogP contribution is -2.26. The molecule has 2 aromatic rings. The highest BCUT2D eigenvalue weighted by molar-refractivity contribution is 7.89. The Morgan fingerprint density at radius 3 is 2.25 bits per heavy atom. The molecular weight excluding hydrogens is 380 g/mol. The Kier molecular flexibility index (Phi) is 7.42.